The van der Waals surface area contributed by atoms with Gasteiger partial charge in [0.05, 0.1) is 5.41 Å². The van der Waals surface area contributed by atoms with Crippen LogP contribution < -0.4 is 0 Å². The molecule has 3 rings (SSSR count). The average molecular weight is 220 g/mol. The minimum atomic E-state index is -0.915. The summed E-state index contributed by atoms with van der Waals surface area (Å²) in [6, 6.07) is 3.33. The van der Waals surface area contributed by atoms with Gasteiger partial charge in [-0.25, -0.2) is 4.39 Å². The lowest BCUT2D eigenvalue weighted by atomic mass is 9.92. The Hall–Kier alpha value is -1.38. The number of hydrogen-bond donors (Lipinski definition) is 1. The summed E-state index contributed by atoms with van der Waals surface area (Å²) in [6.45, 7) is 0. The summed E-state index contributed by atoms with van der Waals surface area (Å²) in [7, 11) is 0. The molecule has 2 nitrogen and oxygen atoms in total. The zero-order valence-corrected chi connectivity index (χ0v) is 8.92. The highest BCUT2D eigenvalue weighted by atomic mass is 19.1. The number of rotatable bonds is 2. The Morgan fingerprint density at radius 3 is 2.44 bits per heavy atom. The molecule has 0 radical (unpaired) electrons. The number of carbonyl (C=O) groups is 1. The van der Waals surface area contributed by atoms with E-state index in [9.17, 15) is 9.18 Å². The molecule has 0 unspecified atom stereocenters. The number of aliphatic carboxylic acids is 1. The number of halogens is 1. The van der Waals surface area contributed by atoms with Gasteiger partial charge >= 0.3 is 5.97 Å². The maximum absolute atomic E-state index is 13.9. The van der Waals surface area contributed by atoms with E-state index in [1.54, 1.807) is 12.1 Å². The van der Waals surface area contributed by atoms with Crippen LogP contribution in [-0.4, -0.2) is 11.1 Å². The lowest BCUT2D eigenvalue weighted by Crippen LogP contribution is -2.21. The van der Waals surface area contributed by atoms with E-state index in [2.05, 4.69) is 0 Å². The van der Waals surface area contributed by atoms with Gasteiger partial charge in [0.1, 0.15) is 5.82 Å². The third-order valence-electron chi connectivity index (χ3n) is 3.86. The topological polar surface area (TPSA) is 37.3 Å². The van der Waals surface area contributed by atoms with Crippen LogP contribution in [0.4, 0.5) is 4.39 Å². The first-order chi connectivity index (χ1) is 7.63. The van der Waals surface area contributed by atoms with E-state index < -0.39 is 11.4 Å². The third-order valence-corrected chi connectivity index (χ3v) is 3.86. The Morgan fingerprint density at radius 1 is 1.25 bits per heavy atom. The van der Waals surface area contributed by atoms with Gasteiger partial charge in [-0.1, -0.05) is 6.07 Å². The molecule has 1 fully saturated rings. The van der Waals surface area contributed by atoms with Gasteiger partial charge in [0.2, 0.25) is 0 Å². The van der Waals surface area contributed by atoms with E-state index in [1.165, 1.54) is 0 Å². The predicted molar refractivity (Wildman–Crippen MR) is 57.0 cm³/mol. The number of hydrogen-bond acceptors (Lipinski definition) is 1. The van der Waals surface area contributed by atoms with Crippen LogP contribution in [-0.2, 0) is 23.1 Å². The molecule has 1 saturated carbocycles. The summed E-state index contributed by atoms with van der Waals surface area (Å²) < 4.78 is 13.9. The molecule has 0 heterocycles. The second kappa shape index (κ2) is 3.06. The molecule has 0 saturated heterocycles. The van der Waals surface area contributed by atoms with Crippen molar-refractivity contribution in [2.75, 3.05) is 0 Å². The van der Waals surface area contributed by atoms with Crippen molar-refractivity contribution in [1.82, 2.24) is 0 Å². The fourth-order valence-corrected chi connectivity index (χ4v) is 2.68. The lowest BCUT2D eigenvalue weighted by Gasteiger charge is -2.13. The summed E-state index contributed by atoms with van der Waals surface area (Å²) in [5, 5.41) is 9.16. The van der Waals surface area contributed by atoms with Gasteiger partial charge in [-0.3, -0.25) is 4.79 Å². The zero-order valence-electron chi connectivity index (χ0n) is 8.92. The van der Waals surface area contributed by atoms with Crippen LogP contribution in [0.1, 0.15) is 36.0 Å². The molecule has 1 aromatic rings. The Bertz CT molecular complexity index is 475. The van der Waals surface area contributed by atoms with Gasteiger partial charge in [-0.15, -0.1) is 0 Å². The highest BCUT2D eigenvalue weighted by Gasteiger charge is 2.53. The standard InChI is InChI=1S/C13H13FO2/c14-11-7-9-3-1-2-8(9)6-10(11)13(4-5-13)12(15)16/h6-7H,1-5H2,(H,15,16). The van der Waals surface area contributed by atoms with Gasteiger partial charge in [-0.2, -0.15) is 0 Å². The maximum Gasteiger partial charge on any atom is 0.314 e. The highest BCUT2D eigenvalue weighted by Crippen LogP contribution is 2.50. The molecule has 2 aliphatic rings. The second-order valence-corrected chi connectivity index (χ2v) is 4.84. The van der Waals surface area contributed by atoms with Crippen molar-refractivity contribution in [3.05, 3.63) is 34.6 Å². The number of fused-ring (bicyclic) bond motifs is 1. The van der Waals surface area contributed by atoms with Crippen molar-refractivity contribution in [3.8, 4) is 0 Å². The molecule has 0 atom stereocenters. The monoisotopic (exact) mass is 220 g/mol. The first-order valence-electron chi connectivity index (χ1n) is 5.69. The second-order valence-electron chi connectivity index (χ2n) is 4.84. The Labute approximate surface area is 93.1 Å². The molecule has 0 spiro atoms. The molecule has 1 aromatic carbocycles. The molecular weight excluding hydrogens is 207 g/mol. The highest BCUT2D eigenvalue weighted by molar-refractivity contribution is 5.85. The smallest absolute Gasteiger partial charge is 0.314 e. The van der Waals surface area contributed by atoms with Crippen LogP contribution in [0.3, 0.4) is 0 Å². The number of carboxylic acids is 1. The van der Waals surface area contributed by atoms with Gasteiger partial charge in [0.25, 0.3) is 0 Å². The average Bonchev–Trinajstić information content (AvgIpc) is 2.92. The van der Waals surface area contributed by atoms with E-state index in [-0.39, 0.29) is 5.82 Å². The molecular formula is C13H13FO2. The minimum Gasteiger partial charge on any atom is -0.481 e. The van der Waals surface area contributed by atoms with E-state index in [0.717, 1.165) is 30.4 Å². The normalized spacial score (nSPS) is 20.6. The van der Waals surface area contributed by atoms with Gasteiger partial charge in [0.15, 0.2) is 0 Å². The fraction of sp³-hybridized carbons (Fsp3) is 0.462. The van der Waals surface area contributed by atoms with E-state index in [4.69, 9.17) is 5.11 Å². The summed E-state index contributed by atoms with van der Waals surface area (Å²) >= 11 is 0. The third kappa shape index (κ3) is 1.20. The van der Waals surface area contributed by atoms with Crippen LogP contribution in [0.25, 0.3) is 0 Å². The minimum absolute atomic E-state index is 0.333. The van der Waals surface area contributed by atoms with E-state index in [1.807, 2.05) is 0 Å². The van der Waals surface area contributed by atoms with Crippen LogP contribution in [0, 0.1) is 5.82 Å². The Balaban J connectivity index is 2.12. The summed E-state index contributed by atoms with van der Waals surface area (Å²) in [5.41, 5.74) is 1.69. The molecule has 0 amide bonds. The summed E-state index contributed by atoms with van der Waals surface area (Å²) in [4.78, 5) is 11.2. The number of benzene rings is 1. The first kappa shape index (κ1) is 9.82. The Morgan fingerprint density at radius 2 is 1.88 bits per heavy atom. The first-order valence-corrected chi connectivity index (χ1v) is 5.69. The van der Waals surface area contributed by atoms with E-state index >= 15 is 0 Å². The summed E-state index contributed by atoms with van der Waals surface area (Å²) in [5.74, 6) is -1.22. The van der Waals surface area contributed by atoms with Crippen molar-refractivity contribution in [1.29, 1.82) is 0 Å². The van der Waals surface area contributed by atoms with Crippen molar-refractivity contribution >= 4 is 5.97 Å². The van der Waals surface area contributed by atoms with Crippen molar-refractivity contribution in [3.63, 3.8) is 0 Å². The fourth-order valence-electron chi connectivity index (χ4n) is 2.68. The van der Waals surface area contributed by atoms with E-state index in [0.29, 0.717) is 18.4 Å². The molecule has 0 bridgehead atoms. The summed E-state index contributed by atoms with van der Waals surface area (Å²) in [6.07, 6.45) is 4.07. The molecule has 0 aliphatic heterocycles. The quantitative estimate of drug-likeness (QED) is 0.831. The predicted octanol–water partition coefficient (Wildman–Crippen LogP) is 2.43. The largest absolute Gasteiger partial charge is 0.481 e. The number of aryl methyl sites for hydroxylation is 2. The SMILES string of the molecule is O=C(O)C1(c2cc3c(cc2F)CCC3)CC1. The molecule has 1 N–H and O–H groups in total. The van der Waals surface area contributed by atoms with Crippen LogP contribution in [0.2, 0.25) is 0 Å². The molecule has 84 valence electrons. The van der Waals surface area contributed by atoms with Crippen molar-refractivity contribution in [2.24, 2.45) is 0 Å². The van der Waals surface area contributed by atoms with Crippen LogP contribution in [0.5, 0.6) is 0 Å². The van der Waals surface area contributed by atoms with Crippen molar-refractivity contribution < 1.29 is 14.3 Å². The van der Waals surface area contributed by atoms with Crippen LogP contribution >= 0.6 is 0 Å². The van der Waals surface area contributed by atoms with Gasteiger partial charge < -0.3 is 5.11 Å². The Kier molecular flexibility index (Phi) is 1.88. The van der Waals surface area contributed by atoms with Gasteiger partial charge in [-0.05, 0) is 49.3 Å². The molecule has 16 heavy (non-hydrogen) atoms. The van der Waals surface area contributed by atoms with Crippen molar-refractivity contribution in [2.45, 2.75) is 37.5 Å². The molecule has 2 aliphatic carbocycles. The maximum atomic E-state index is 13.9. The molecule has 3 heteroatoms. The van der Waals surface area contributed by atoms with Gasteiger partial charge in [0, 0.05) is 5.56 Å². The number of carboxylic acid groups (broad SMARTS) is 1. The zero-order chi connectivity index (χ0) is 11.3. The van der Waals surface area contributed by atoms with Crippen LogP contribution in [0.15, 0.2) is 12.1 Å². The lowest BCUT2D eigenvalue weighted by molar-refractivity contribution is -0.140. The molecule has 0 aromatic heterocycles.